The van der Waals surface area contributed by atoms with Crippen molar-refractivity contribution in [2.75, 3.05) is 19.0 Å². The van der Waals surface area contributed by atoms with Crippen LogP contribution in [0.4, 0.5) is 5.13 Å². The first kappa shape index (κ1) is 10.8. The van der Waals surface area contributed by atoms with Gasteiger partial charge in [0.25, 0.3) is 4.74 Å². The summed E-state index contributed by atoms with van der Waals surface area (Å²) in [5.74, 6) is 0. The molecule has 2 aromatic rings. The zero-order chi connectivity index (χ0) is 11.5. The fourth-order valence-electron chi connectivity index (χ4n) is 1.24. The van der Waals surface area contributed by atoms with Crippen LogP contribution in [0.5, 0.6) is 0 Å². The lowest BCUT2D eigenvalue weighted by Crippen LogP contribution is -2.14. The second-order valence-electron chi connectivity index (χ2n) is 3.48. The summed E-state index contributed by atoms with van der Waals surface area (Å²) >= 11 is 1.10. The van der Waals surface area contributed by atoms with Crippen LogP contribution in [0.3, 0.4) is 0 Å². The summed E-state index contributed by atoms with van der Waals surface area (Å²) < 4.78 is -0.0649. The molecule has 0 saturated heterocycles. The van der Waals surface area contributed by atoms with Gasteiger partial charge in [-0.05, 0) is 0 Å². The zero-order valence-corrected chi connectivity index (χ0v) is 9.86. The van der Waals surface area contributed by atoms with Gasteiger partial charge < -0.3 is 4.90 Å². The molecule has 0 amide bonds. The van der Waals surface area contributed by atoms with E-state index < -0.39 is 0 Å². The molecule has 0 unspecified atom stereocenters. The van der Waals surface area contributed by atoms with Crippen molar-refractivity contribution in [1.29, 1.82) is 0 Å². The maximum absolute atomic E-state index is 11.8. The second kappa shape index (κ2) is 4.40. The number of rotatable bonds is 2. The van der Waals surface area contributed by atoms with Crippen LogP contribution in [0.25, 0.3) is 11.3 Å². The van der Waals surface area contributed by atoms with Crippen molar-refractivity contribution in [1.82, 2.24) is 10.2 Å². The van der Waals surface area contributed by atoms with E-state index in [1.807, 2.05) is 44.4 Å². The van der Waals surface area contributed by atoms with Crippen molar-refractivity contribution in [3.8, 4) is 11.3 Å². The lowest BCUT2D eigenvalue weighted by Gasteiger charge is -2.08. The fraction of sp³-hybridized carbons (Fsp3) is 0.182. The van der Waals surface area contributed by atoms with Crippen LogP contribution in [-0.2, 0) is 0 Å². The van der Waals surface area contributed by atoms with Gasteiger partial charge in [-0.2, -0.15) is 0 Å². The molecule has 0 aliphatic heterocycles. The molecule has 4 nitrogen and oxygen atoms in total. The Morgan fingerprint density at radius 1 is 1.12 bits per heavy atom. The number of hydrogen-bond donors (Lipinski definition) is 0. The van der Waals surface area contributed by atoms with Crippen LogP contribution in [0.2, 0.25) is 0 Å². The monoisotopic (exact) mass is 233 g/mol. The van der Waals surface area contributed by atoms with Crippen molar-refractivity contribution in [2.24, 2.45) is 0 Å². The molecule has 1 heterocycles. The van der Waals surface area contributed by atoms with E-state index in [2.05, 4.69) is 10.2 Å². The van der Waals surface area contributed by atoms with Crippen LogP contribution < -0.4 is 9.64 Å². The quantitative estimate of drug-likeness (QED) is 0.791. The largest absolute Gasteiger partial charge is 0.353 e. The van der Waals surface area contributed by atoms with Crippen LogP contribution in [0, 0.1) is 0 Å². The molecule has 5 heteroatoms. The first-order valence-corrected chi connectivity index (χ1v) is 5.60. The lowest BCUT2D eigenvalue weighted by molar-refractivity contribution is 0.992. The minimum atomic E-state index is -0.0649. The molecule has 0 bridgehead atoms. The van der Waals surface area contributed by atoms with Gasteiger partial charge in [-0.25, -0.2) is 0 Å². The molecule has 0 aliphatic rings. The van der Waals surface area contributed by atoms with Gasteiger partial charge in [-0.1, -0.05) is 41.7 Å². The molecule has 82 valence electrons. The molecule has 2 rings (SSSR count). The highest BCUT2D eigenvalue weighted by Gasteiger charge is 2.08. The third-order valence-electron chi connectivity index (χ3n) is 2.04. The van der Waals surface area contributed by atoms with E-state index in [0.29, 0.717) is 10.8 Å². The summed E-state index contributed by atoms with van der Waals surface area (Å²) in [5, 5.41) is 8.60. The summed E-state index contributed by atoms with van der Waals surface area (Å²) in [4.78, 5) is 13.6. The van der Waals surface area contributed by atoms with E-state index in [0.717, 1.165) is 16.9 Å². The summed E-state index contributed by atoms with van der Waals surface area (Å²) in [6.45, 7) is 0. The molecule has 0 saturated carbocycles. The van der Waals surface area contributed by atoms with E-state index in [1.54, 1.807) is 4.90 Å². The Kier molecular flexibility index (Phi) is 2.96. The normalized spacial score (nSPS) is 10.1. The third kappa shape index (κ3) is 2.09. The van der Waals surface area contributed by atoms with Gasteiger partial charge in [0.1, 0.15) is 0 Å². The average molecular weight is 233 g/mol. The molecular formula is C11H11N3OS. The summed E-state index contributed by atoms with van der Waals surface area (Å²) in [5.41, 5.74) is 1.22. The minimum absolute atomic E-state index is 0.0649. The molecule has 0 fully saturated rings. The number of aromatic nitrogens is 2. The van der Waals surface area contributed by atoms with Gasteiger partial charge in [0, 0.05) is 19.7 Å². The van der Waals surface area contributed by atoms with Gasteiger partial charge in [-0.3, -0.25) is 4.79 Å². The highest BCUT2D eigenvalue weighted by Crippen LogP contribution is 2.15. The number of benzene rings is 1. The Balaban J connectivity index is 2.49. The fourth-order valence-corrected chi connectivity index (χ4v) is 1.92. The molecule has 1 aromatic heterocycles. The Labute approximate surface area is 97.2 Å². The predicted octanol–water partition coefficient (Wildman–Crippen LogP) is 1.63. The maximum atomic E-state index is 11.8. The number of anilines is 1. The standard InChI is InChI=1S/C11H11N3OS/c1-14(2)11-13-12-9(10(15)16-11)8-6-4-3-5-7-8/h3-7H,1-2H3. The van der Waals surface area contributed by atoms with Crippen molar-refractivity contribution in [3.63, 3.8) is 0 Å². The van der Waals surface area contributed by atoms with E-state index in [-0.39, 0.29) is 4.74 Å². The Bertz CT molecular complexity index is 536. The smallest absolute Gasteiger partial charge is 0.263 e. The summed E-state index contributed by atoms with van der Waals surface area (Å²) in [6.07, 6.45) is 0. The topological polar surface area (TPSA) is 46.1 Å². The third-order valence-corrected chi connectivity index (χ3v) is 3.05. The Morgan fingerprint density at radius 2 is 1.81 bits per heavy atom. The highest BCUT2D eigenvalue weighted by molar-refractivity contribution is 7.13. The first-order valence-electron chi connectivity index (χ1n) is 4.79. The maximum Gasteiger partial charge on any atom is 0.263 e. The molecule has 0 N–H and O–H groups in total. The van der Waals surface area contributed by atoms with E-state index in [9.17, 15) is 4.79 Å². The summed E-state index contributed by atoms with van der Waals surface area (Å²) in [7, 11) is 3.67. The molecule has 0 radical (unpaired) electrons. The van der Waals surface area contributed by atoms with Crippen LogP contribution in [-0.4, -0.2) is 24.3 Å². The molecule has 0 spiro atoms. The molecule has 16 heavy (non-hydrogen) atoms. The Hall–Kier alpha value is -1.75. The van der Waals surface area contributed by atoms with Gasteiger partial charge in [-0.15, -0.1) is 10.2 Å². The number of hydrogen-bond acceptors (Lipinski definition) is 5. The molecule has 1 aromatic carbocycles. The van der Waals surface area contributed by atoms with E-state index >= 15 is 0 Å². The zero-order valence-electron chi connectivity index (χ0n) is 9.04. The minimum Gasteiger partial charge on any atom is -0.353 e. The molecule has 0 atom stereocenters. The predicted molar refractivity (Wildman–Crippen MR) is 65.9 cm³/mol. The SMILES string of the molecule is CN(C)c1nnc(-c2ccccc2)c(=O)s1. The van der Waals surface area contributed by atoms with E-state index in [1.165, 1.54) is 0 Å². The van der Waals surface area contributed by atoms with Crippen molar-refractivity contribution >= 4 is 16.5 Å². The van der Waals surface area contributed by atoms with Gasteiger partial charge in [0.05, 0.1) is 0 Å². The molecular weight excluding hydrogens is 222 g/mol. The van der Waals surface area contributed by atoms with Crippen molar-refractivity contribution in [2.45, 2.75) is 0 Å². The first-order chi connectivity index (χ1) is 7.68. The van der Waals surface area contributed by atoms with Gasteiger partial charge >= 0.3 is 0 Å². The summed E-state index contributed by atoms with van der Waals surface area (Å²) in [6, 6.07) is 9.36. The van der Waals surface area contributed by atoms with Crippen molar-refractivity contribution in [3.05, 3.63) is 39.9 Å². The van der Waals surface area contributed by atoms with Crippen LogP contribution in [0.15, 0.2) is 35.1 Å². The average Bonchev–Trinajstić information content (AvgIpc) is 2.30. The second-order valence-corrected chi connectivity index (χ2v) is 4.42. The molecule has 0 aliphatic carbocycles. The van der Waals surface area contributed by atoms with Gasteiger partial charge in [0.15, 0.2) is 5.69 Å². The highest BCUT2D eigenvalue weighted by atomic mass is 32.1. The number of nitrogens with zero attached hydrogens (tertiary/aromatic N) is 3. The van der Waals surface area contributed by atoms with Crippen molar-refractivity contribution < 1.29 is 0 Å². The van der Waals surface area contributed by atoms with Crippen LogP contribution >= 0.6 is 11.3 Å². The van der Waals surface area contributed by atoms with E-state index in [4.69, 9.17) is 0 Å². The van der Waals surface area contributed by atoms with Crippen LogP contribution in [0.1, 0.15) is 0 Å². The van der Waals surface area contributed by atoms with Gasteiger partial charge in [0.2, 0.25) is 5.13 Å². The Morgan fingerprint density at radius 3 is 2.38 bits per heavy atom. The lowest BCUT2D eigenvalue weighted by atomic mass is 10.2.